The summed E-state index contributed by atoms with van der Waals surface area (Å²) >= 11 is 0. The van der Waals surface area contributed by atoms with Crippen molar-refractivity contribution in [2.24, 2.45) is 5.41 Å². The molecule has 0 N–H and O–H groups in total. The number of allylic oxidation sites excluding steroid dienone is 1. The van der Waals surface area contributed by atoms with Crippen molar-refractivity contribution in [1.82, 2.24) is 0 Å². The highest BCUT2D eigenvalue weighted by molar-refractivity contribution is 4.89. The topological polar surface area (TPSA) is 0 Å². The first-order valence-electron chi connectivity index (χ1n) is 4.11. The Bertz CT molecular complexity index is 143. The van der Waals surface area contributed by atoms with Crippen LogP contribution in [-0.2, 0) is 0 Å². The van der Waals surface area contributed by atoms with Crippen molar-refractivity contribution in [2.75, 3.05) is 0 Å². The van der Waals surface area contributed by atoms with E-state index in [0.717, 1.165) is 0 Å². The predicted octanol–water partition coefficient (Wildman–Crippen LogP) is 3.30. The second kappa shape index (κ2) is 3.07. The molecule has 0 spiro atoms. The summed E-state index contributed by atoms with van der Waals surface area (Å²) in [6, 6.07) is 0. The molecule has 1 rings (SSSR count). The largest absolute Gasteiger partial charge is 0.133 e. The van der Waals surface area contributed by atoms with Gasteiger partial charge in [0.25, 0.3) is 0 Å². The molecule has 1 aliphatic carbocycles. The van der Waals surface area contributed by atoms with Crippen LogP contribution in [-0.4, -0.2) is 0 Å². The zero-order valence-electron chi connectivity index (χ0n) is 6.82. The molecule has 0 aromatic carbocycles. The van der Waals surface area contributed by atoms with Gasteiger partial charge in [0.15, 0.2) is 0 Å². The molecule has 0 aromatic heterocycles. The van der Waals surface area contributed by atoms with Crippen molar-refractivity contribution in [1.29, 1.82) is 0 Å². The maximum Gasteiger partial charge on any atom is -0.0220 e. The highest BCUT2D eigenvalue weighted by Crippen LogP contribution is 2.40. The van der Waals surface area contributed by atoms with Crippen LogP contribution in [0.1, 0.15) is 39.0 Å². The van der Waals surface area contributed by atoms with Crippen molar-refractivity contribution in [3.05, 3.63) is 18.4 Å². The monoisotopic (exact) mass is 136 g/mol. The fraction of sp³-hybridized carbons (Fsp3) is 0.700. The lowest BCUT2D eigenvalue weighted by Gasteiger charge is -2.20. The number of rotatable bonds is 2. The first kappa shape index (κ1) is 7.63. The highest BCUT2D eigenvalue weighted by atomic mass is 14.3. The summed E-state index contributed by atoms with van der Waals surface area (Å²) in [5.74, 6) is 0. The predicted molar refractivity (Wildman–Crippen MR) is 44.9 cm³/mol. The van der Waals surface area contributed by atoms with Gasteiger partial charge in [-0.25, -0.2) is 0 Å². The van der Waals surface area contributed by atoms with Crippen molar-refractivity contribution < 1.29 is 0 Å². The fourth-order valence-electron chi connectivity index (χ4n) is 1.75. The van der Waals surface area contributed by atoms with Crippen molar-refractivity contribution in [2.45, 2.75) is 39.0 Å². The summed E-state index contributed by atoms with van der Waals surface area (Å²) in [5, 5.41) is 0. The van der Waals surface area contributed by atoms with Gasteiger partial charge in [0.1, 0.15) is 0 Å². The third-order valence-electron chi connectivity index (χ3n) is 2.55. The zero-order valence-corrected chi connectivity index (χ0v) is 6.82. The SMILES string of the molecule is C=C=CCC1(C)CCCC1. The molecule has 0 aromatic rings. The van der Waals surface area contributed by atoms with Gasteiger partial charge in [0.05, 0.1) is 0 Å². The standard InChI is InChI=1S/C10H16/c1-3-4-7-10(2)8-5-6-9-10/h4H,1,5-9H2,2H3. The van der Waals surface area contributed by atoms with Crippen LogP contribution in [0.15, 0.2) is 18.4 Å². The average Bonchev–Trinajstić information content (AvgIpc) is 2.33. The average molecular weight is 136 g/mol. The van der Waals surface area contributed by atoms with Gasteiger partial charge >= 0.3 is 0 Å². The van der Waals surface area contributed by atoms with Crippen LogP contribution in [0.3, 0.4) is 0 Å². The van der Waals surface area contributed by atoms with E-state index in [1.165, 1.54) is 32.1 Å². The van der Waals surface area contributed by atoms with Gasteiger partial charge < -0.3 is 0 Å². The van der Waals surface area contributed by atoms with E-state index in [-0.39, 0.29) is 0 Å². The lowest BCUT2D eigenvalue weighted by Crippen LogP contribution is -2.08. The third kappa shape index (κ3) is 1.75. The van der Waals surface area contributed by atoms with E-state index in [0.29, 0.717) is 5.41 Å². The molecule has 0 aliphatic heterocycles. The third-order valence-corrected chi connectivity index (χ3v) is 2.55. The second-order valence-corrected chi connectivity index (χ2v) is 3.63. The smallest absolute Gasteiger partial charge is 0.0220 e. The molecule has 0 radical (unpaired) electrons. The van der Waals surface area contributed by atoms with E-state index in [1.807, 2.05) is 0 Å². The van der Waals surface area contributed by atoms with E-state index < -0.39 is 0 Å². The molecule has 0 heterocycles. The Labute approximate surface area is 63.6 Å². The van der Waals surface area contributed by atoms with E-state index >= 15 is 0 Å². The summed E-state index contributed by atoms with van der Waals surface area (Å²) in [6.07, 6.45) is 8.88. The van der Waals surface area contributed by atoms with E-state index in [1.54, 1.807) is 0 Å². The quantitative estimate of drug-likeness (QED) is 0.511. The Morgan fingerprint density at radius 1 is 1.50 bits per heavy atom. The second-order valence-electron chi connectivity index (χ2n) is 3.63. The maximum absolute atomic E-state index is 3.57. The molecule has 0 amide bonds. The van der Waals surface area contributed by atoms with Crippen molar-refractivity contribution >= 4 is 0 Å². The van der Waals surface area contributed by atoms with Crippen LogP contribution in [0.25, 0.3) is 0 Å². The maximum atomic E-state index is 3.57. The molecule has 1 aliphatic rings. The Balaban J connectivity index is 2.42. The summed E-state index contributed by atoms with van der Waals surface area (Å²) < 4.78 is 0. The minimum absolute atomic E-state index is 0.588. The van der Waals surface area contributed by atoms with Crippen LogP contribution < -0.4 is 0 Å². The molecule has 0 heteroatoms. The van der Waals surface area contributed by atoms with Gasteiger partial charge in [-0.1, -0.05) is 26.3 Å². The molecule has 10 heavy (non-hydrogen) atoms. The normalized spacial score (nSPS) is 22.1. The van der Waals surface area contributed by atoms with E-state index in [2.05, 4.69) is 25.3 Å². The van der Waals surface area contributed by atoms with Crippen molar-refractivity contribution in [3.63, 3.8) is 0 Å². The molecular weight excluding hydrogens is 120 g/mol. The summed E-state index contributed by atoms with van der Waals surface area (Å²) in [5.41, 5.74) is 3.43. The van der Waals surface area contributed by atoms with Crippen LogP contribution in [0.5, 0.6) is 0 Å². The van der Waals surface area contributed by atoms with Crippen LogP contribution >= 0.6 is 0 Å². The molecule has 0 bridgehead atoms. The van der Waals surface area contributed by atoms with Crippen LogP contribution in [0.2, 0.25) is 0 Å². The highest BCUT2D eigenvalue weighted by Gasteiger charge is 2.26. The zero-order chi connectivity index (χ0) is 7.45. The van der Waals surface area contributed by atoms with Crippen molar-refractivity contribution in [3.8, 4) is 0 Å². The van der Waals surface area contributed by atoms with Gasteiger partial charge in [-0.05, 0) is 30.8 Å². The first-order chi connectivity index (χ1) is 4.77. The van der Waals surface area contributed by atoms with Gasteiger partial charge in [0, 0.05) is 0 Å². The molecule has 0 nitrogen and oxygen atoms in total. The molecule has 0 atom stereocenters. The Morgan fingerprint density at radius 3 is 2.60 bits per heavy atom. The minimum Gasteiger partial charge on any atom is -0.133 e. The number of hydrogen-bond acceptors (Lipinski definition) is 0. The fourth-order valence-corrected chi connectivity index (χ4v) is 1.75. The Hall–Kier alpha value is -0.480. The first-order valence-corrected chi connectivity index (χ1v) is 4.11. The summed E-state index contributed by atoms with van der Waals surface area (Å²) in [6.45, 7) is 5.94. The van der Waals surface area contributed by atoms with Gasteiger partial charge in [-0.2, -0.15) is 0 Å². The van der Waals surface area contributed by atoms with Gasteiger partial charge in [-0.3, -0.25) is 0 Å². The summed E-state index contributed by atoms with van der Waals surface area (Å²) in [4.78, 5) is 0. The number of hydrogen-bond donors (Lipinski definition) is 0. The molecular formula is C10H16. The lowest BCUT2D eigenvalue weighted by atomic mass is 9.85. The molecule has 0 saturated heterocycles. The Kier molecular flexibility index (Phi) is 2.34. The minimum atomic E-state index is 0.588. The summed E-state index contributed by atoms with van der Waals surface area (Å²) in [7, 11) is 0. The Morgan fingerprint density at radius 2 is 2.10 bits per heavy atom. The molecule has 1 saturated carbocycles. The van der Waals surface area contributed by atoms with Gasteiger partial charge in [0.2, 0.25) is 0 Å². The van der Waals surface area contributed by atoms with Crippen LogP contribution in [0.4, 0.5) is 0 Å². The van der Waals surface area contributed by atoms with Crippen LogP contribution in [0, 0.1) is 5.41 Å². The van der Waals surface area contributed by atoms with E-state index in [4.69, 9.17) is 0 Å². The van der Waals surface area contributed by atoms with Gasteiger partial charge in [-0.15, -0.1) is 5.73 Å². The van der Waals surface area contributed by atoms with E-state index in [9.17, 15) is 0 Å². The molecule has 0 unspecified atom stereocenters. The lowest BCUT2D eigenvalue weighted by molar-refractivity contribution is 0.342. The molecule has 1 fully saturated rings. The molecule has 56 valence electrons.